The maximum Gasteiger partial charge on any atom is 0.241 e. The Kier molecular flexibility index (Phi) is 7.95. The molecule has 1 atom stereocenters. The van der Waals surface area contributed by atoms with E-state index in [1.807, 2.05) is 42.7 Å². The lowest BCUT2D eigenvalue weighted by atomic mass is 9.97. The highest BCUT2D eigenvalue weighted by Gasteiger charge is 2.23. The van der Waals surface area contributed by atoms with E-state index >= 15 is 0 Å². The molecule has 2 aromatic carbocycles. The maximum atomic E-state index is 12.8. The Morgan fingerprint density at radius 3 is 2.36 bits per heavy atom. The molecule has 1 N–H and O–H groups in total. The van der Waals surface area contributed by atoms with Gasteiger partial charge in [-0.05, 0) is 42.4 Å². The molecule has 0 aromatic heterocycles. The number of nitrogens with zero attached hydrogens (tertiary/aromatic N) is 1. The van der Waals surface area contributed by atoms with Crippen LogP contribution in [0.25, 0.3) is 0 Å². The molecular formula is C21H28N2O3S2. The fraction of sp³-hybridized carbons (Fsp3) is 0.381. The molecule has 0 spiro atoms. The van der Waals surface area contributed by atoms with Crippen molar-refractivity contribution < 1.29 is 13.2 Å². The van der Waals surface area contributed by atoms with Gasteiger partial charge in [-0.15, -0.1) is 11.8 Å². The van der Waals surface area contributed by atoms with Crippen LogP contribution in [0.3, 0.4) is 0 Å². The molecule has 1 amide bonds. The summed E-state index contributed by atoms with van der Waals surface area (Å²) >= 11 is 1.52. The van der Waals surface area contributed by atoms with Gasteiger partial charge in [0, 0.05) is 4.90 Å². The van der Waals surface area contributed by atoms with Crippen molar-refractivity contribution in [1.29, 1.82) is 0 Å². The van der Waals surface area contributed by atoms with Crippen LogP contribution in [0.5, 0.6) is 0 Å². The largest absolute Gasteiger partial charge is 0.348 e. The highest BCUT2D eigenvalue weighted by molar-refractivity contribution is 7.98. The van der Waals surface area contributed by atoms with Gasteiger partial charge in [0.2, 0.25) is 15.9 Å². The quantitative estimate of drug-likeness (QED) is 0.621. The van der Waals surface area contributed by atoms with Crippen LogP contribution >= 0.6 is 11.8 Å². The van der Waals surface area contributed by atoms with Crippen LogP contribution in [0.15, 0.2) is 59.5 Å². The van der Waals surface area contributed by atoms with Crippen LogP contribution in [0.4, 0.5) is 5.69 Å². The summed E-state index contributed by atoms with van der Waals surface area (Å²) in [5.41, 5.74) is 1.50. The third kappa shape index (κ3) is 6.56. The van der Waals surface area contributed by atoms with E-state index in [9.17, 15) is 13.2 Å². The number of anilines is 1. The summed E-state index contributed by atoms with van der Waals surface area (Å²) in [6, 6.07) is 16.8. The Morgan fingerprint density at radius 1 is 1.11 bits per heavy atom. The Bertz CT molecular complexity index is 884. The Labute approximate surface area is 172 Å². The number of sulfonamides is 1. The molecule has 0 aliphatic carbocycles. The third-order valence-corrected chi connectivity index (χ3v) is 6.14. The fourth-order valence-electron chi connectivity index (χ4n) is 2.97. The van der Waals surface area contributed by atoms with Gasteiger partial charge in [0.25, 0.3) is 0 Å². The summed E-state index contributed by atoms with van der Waals surface area (Å²) in [5, 5.41) is 3.02. The van der Waals surface area contributed by atoms with E-state index in [1.54, 1.807) is 18.2 Å². The fourth-order valence-corrected chi connectivity index (χ4v) is 4.27. The molecule has 2 aromatic rings. The molecular weight excluding hydrogens is 392 g/mol. The first kappa shape index (κ1) is 22.3. The van der Waals surface area contributed by atoms with Crippen molar-refractivity contribution in [2.75, 3.05) is 23.4 Å². The standard InChI is InChI=1S/C21H28N2O3S2/c1-16(2)13-20(17-9-6-5-7-10-17)22-21(24)15-23(28(4,25)26)18-11-8-12-19(14-18)27-3/h5-12,14,16,20H,13,15H2,1-4H3,(H,22,24)/t20-/m1/s1. The normalized spacial score (nSPS) is 12.6. The molecule has 5 nitrogen and oxygen atoms in total. The molecule has 0 saturated heterocycles. The number of nitrogens with one attached hydrogen (secondary N) is 1. The number of hydrogen-bond acceptors (Lipinski definition) is 4. The topological polar surface area (TPSA) is 66.5 Å². The summed E-state index contributed by atoms with van der Waals surface area (Å²) in [6.45, 7) is 3.94. The van der Waals surface area contributed by atoms with Gasteiger partial charge >= 0.3 is 0 Å². The van der Waals surface area contributed by atoms with Crippen molar-refractivity contribution in [2.24, 2.45) is 5.92 Å². The van der Waals surface area contributed by atoms with Gasteiger partial charge in [-0.2, -0.15) is 0 Å². The lowest BCUT2D eigenvalue weighted by Crippen LogP contribution is -2.41. The van der Waals surface area contributed by atoms with E-state index in [0.717, 1.165) is 27.4 Å². The average Bonchev–Trinajstić information content (AvgIpc) is 2.65. The van der Waals surface area contributed by atoms with Crippen molar-refractivity contribution in [2.45, 2.75) is 31.2 Å². The predicted octanol–water partition coefficient (Wildman–Crippen LogP) is 4.08. The number of thioether (sulfide) groups is 1. The number of carbonyl (C=O) groups excluding carboxylic acids is 1. The highest BCUT2D eigenvalue weighted by atomic mass is 32.2. The van der Waals surface area contributed by atoms with E-state index < -0.39 is 10.0 Å². The number of rotatable bonds is 9. The van der Waals surface area contributed by atoms with Gasteiger partial charge in [-0.1, -0.05) is 50.2 Å². The molecule has 0 heterocycles. The molecule has 0 unspecified atom stereocenters. The third-order valence-electron chi connectivity index (χ3n) is 4.27. The Balaban J connectivity index is 2.22. The van der Waals surface area contributed by atoms with Crippen LogP contribution in [0.1, 0.15) is 31.9 Å². The van der Waals surface area contributed by atoms with Crippen molar-refractivity contribution >= 4 is 33.4 Å². The van der Waals surface area contributed by atoms with Crippen LogP contribution < -0.4 is 9.62 Å². The molecule has 7 heteroatoms. The second-order valence-corrected chi connectivity index (χ2v) is 9.92. The zero-order valence-corrected chi connectivity index (χ0v) is 18.4. The van der Waals surface area contributed by atoms with E-state index in [1.165, 1.54) is 11.8 Å². The van der Waals surface area contributed by atoms with Gasteiger partial charge in [-0.25, -0.2) is 8.42 Å². The lowest BCUT2D eigenvalue weighted by Gasteiger charge is -2.25. The van der Waals surface area contributed by atoms with Gasteiger partial charge in [0.15, 0.2) is 0 Å². The van der Waals surface area contributed by atoms with Crippen molar-refractivity contribution in [3.05, 3.63) is 60.2 Å². The van der Waals surface area contributed by atoms with Crippen molar-refractivity contribution in [3.8, 4) is 0 Å². The monoisotopic (exact) mass is 420 g/mol. The van der Waals surface area contributed by atoms with E-state index in [4.69, 9.17) is 0 Å². The van der Waals surface area contributed by atoms with Crippen LogP contribution in [-0.2, 0) is 14.8 Å². The smallest absolute Gasteiger partial charge is 0.241 e. The molecule has 0 radical (unpaired) electrons. The molecule has 0 saturated carbocycles. The van der Waals surface area contributed by atoms with Crippen LogP contribution in [0, 0.1) is 5.92 Å². The average molecular weight is 421 g/mol. The number of carbonyl (C=O) groups is 1. The molecule has 0 aliphatic heterocycles. The highest BCUT2D eigenvalue weighted by Crippen LogP contribution is 2.25. The summed E-state index contributed by atoms with van der Waals surface area (Å²) in [4.78, 5) is 13.7. The minimum Gasteiger partial charge on any atom is -0.348 e. The molecule has 152 valence electrons. The molecule has 28 heavy (non-hydrogen) atoms. The van der Waals surface area contributed by atoms with Gasteiger partial charge in [-0.3, -0.25) is 9.10 Å². The minimum absolute atomic E-state index is 0.160. The SMILES string of the molecule is CSc1cccc(N(CC(=O)N[C@H](CC(C)C)c2ccccc2)S(C)(=O)=O)c1. The van der Waals surface area contributed by atoms with Crippen molar-refractivity contribution in [1.82, 2.24) is 5.32 Å². The van der Waals surface area contributed by atoms with E-state index in [-0.39, 0.29) is 18.5 Å². The summed E-state index contributed by atoms with van der Waals surface area (Å²) in [7, 11) is -3.60. The second kappa shape index (κ2) is 9.98. The van der Waals surface area contributed by atoms with Crippen LogP contribution in [0.2, 0.25) is 0 Å². The molecule has 2 rings (SSSR count). The van der Waals surface area contributed by atoms with Crippen molar-refractivity contribution in [3.63, 3.8) is 0 Å². The number of amides is 1. The summed E-state index contributed by atoms with van der Waals surface area (Å²) < 4.78 is 25.8. The van der Waals surface area contributed by atoms with Gasteiger partial charge in [0.1, 0.15) is 6.54 Å². The van der Waals surface area contributed by atoms with Gasteiger partial charge in [0.05, 0.1) is 18.0 Å². The summed E-state index contributed by atoms with van der Waals surface area (Å²) in [5.74, 6) is 0.0595. The minimum atomic E-state index is -3.60. The first-order valence-corrected chi connectivity index (χ1v) is 12.2. The first-order chi connectivity index (χ1) is 13.2. The number of hydrogen-bond donors (Lipinski definition) is 1. The summed E-state index contributed by atoms with van der Waals surface area (Å²) in [6.07, 6.45) is 3.82. The van der Waals surface area contributed by atoms with E-state index in [2.05, 4.69) is 19.2 Å². The zero-order chi connectivity index (χ0) is 20.7. The van der Waals surface area contributed by atoms with Gasteiger partial charge < -0.3 is 5.32 Å². The molecule has 0 fully saturated rings. The predicted molar refractivity (Wildman–Crippen MR) is 117 cm³/mol. The zero-order valence-electron chi connectivity index (χ0n) is 16.8. The Hall–Kier alpha value is -1.99. The second-order valence-electron chi connectivity index (χ2n) is 7.13. The maximum absolute atomic E-state index is 12.8. The molecule has 0 bridgehead atoms. The number of benzene rings is 2. The Morgan fingerprint density at radius 2 is 1.79 bits per heavy atom. The first-order valence-electron chi connectivity index (χ1n) is 9.16. The van der Waals surface area contributed by atoms with Crippen LogP contribution in [-0.4, -0.2) is 33.4 Å². The van der Waals surface area contributed by atoms with E-state index in [0.29, 0.717) is 11.6 Å². The molecule has 0 aliphatic rings. The lowest BCUT2D eigenvalue weighted by molar-refractivity contribution is -0.120.